The van der Waals surface area contributed by atoms with Crippen molar-refractivity contribution in [2.75, 3.05) is 0 Å². The molecule has 2 aromatic carbocycles. The predicted molar refractivity (Wildman–Crippen MR) is 255 cm³/mol. The van der Waals surface area contributed by atoms with E-state index in [4.69, 9.17) is 4.74 Å². The summed E-state index contributed by atoms with van der Waals surface area (Å²) in [6.45, 7) is 8.27. The molecule has 0 spiro atoms. The van der Waals surface area contributed by atoms with Crippen LogP contribution in [0.25, 0.3) is 11.4 Å². The molecule has 0 saturated heterocycles. The molecule has 384 valence electrons. The van der Waals surface area contributed by atoms with Gasteiger partial charge in [0.1, 0.15) is 29.1 Å². The van der Waals surface area contributed by atoms with Gasteiger partial charge >= 0.3 is 11.6 Å². The number of pyridine rings is 2. The molecule has 0 radical (unpaired) electrons. The zero-order chi connectivity index (χ0) is 53.3. The number of benzene rings is 2. The first-order chi connectivity index (χ1) is 34.6. The van der Waals surface area contributed by atoms with Gasteiger partial charge in [0.05, 0.1) is 38.8 Å². The molecule has 0 aliphatic carbocycles. The molecule has 1 N–H and O–H groups in total. The number of aliphatic hydroxyl groups is 1. The molecule has 0 fully saturated rings. The molecule has 73 heavy (non-hydrogen) atoms. The van der Waals surface area contributed by atoms with E-state index in [1.54, 1.807) is 34.9 Å². The van der Waals surface area contributed by atoms with Crippen LogP contribution in [0.4, 0.5) is 42.4 Å². The number of aliphatic hydroxyl groups excluding tert-OH is 1. The fraction of sp³-hybridized carbons (Fsp3) is 0.261. The monoisotopic (exact) mass is 1150 g/mol. The Labute approximate surface area is 426 Å². The summed E-state index contributed by atoms with van der Waals surface area (Å²) in [6.07, 6.45) is 2.48. The van der Waals surface area contributed by atoms with E-state index >= 15 is 0 Å². The van der Waals surface area contributed by atoms with Gasteiger partial charge in [-0.25, -0.2) is 35.7 Å². The molecule has 0 unspecified atom stereocenters. The normalized spacial score (nSPS) is 12.0. The van der Waals surface area contributed by atoms with E-state index in [9.17, 15) is 56.1 Å². The first-order valence-electron chi connectivity index (χ1n) is 21.6. The lowest BCUT2D eigenvalue weighted by atomic mass is 10.1. The standard InChI is InChI=1S/C23H20BrF3N6O3.C18H19F3N4O.C5H2BrFN2O2/c1-3-31-12-14(10-29-31)6-17-9-19(22(26)27)30-32(17)20-5-4-16(25)8-18(20)13(2)36-21-7-15(24)11-28-23(21)33(34)35;1-3-24-10-12(9-22-24)6-14-8-16(18(20)21)23-25(14)17-5-4-13(19)7-15(17)11(2)26;6-3-1-4(7)5(8-2-3)9(10)11/h4-5,7-13,22H,3,6H2,1-2H3;4-5,7-11,18,26H,3,6H2,1-2H3;1-2H/t13-;11-;/m11./s1. The Morgan fingerprint density at radius 2 is 1.11 bits per heavy atom. The van der Waals surface area contributed by atoms with Crippen molar-refractivity contribution in [1.29, 1.82) is 0 Å². The molecule has 6 aromatic heterocycles. The Morgan fingerprint density at radius 1 is 0.658 bits per heavy atom. The van der Waals surface area contributed by atoms with Crippen molar-refractivity contribution in [3.05, 3.63) is 189 Å². The second-order valence-corrected chi connectivity index (χ2v) is 17.4. The summed E-state index contributed by atoms with van der Waals surface area (Å²) in [4.78, 5) is 26.9. The topological polar surface area (TPSA) is 213 Å². The minimum Gasteiger partial charge on any atom is -0.478 e. The maximum atomic E-state index is 14.3. The van der Waals surface area contributed by atoms with Crippen LogP contribution < -0.4 is 4.74 Å². The van der Waals surface area contributed by atoms with Gasteiger partial charge in [0, 0.05) is 73.0 Å². The molecule has 8 aromatic rings. The van der Waals surface area contributed by atoms with Gasteiger partial charge in [-0.15, -0.1) is 0 Å². The largest absolute Gasteiger partial charge is 0.478 e. The summed E-state index contributed by atoms with van der Waals surface area (Å²) in [5.74, 6) is -3.47. The van der Waals surface area contributed by atoms with E-state index in [0.717, 1.165) is 17.2 Å². The van der Waals surface area contributed by atoms with Crippen LogP contribution in [0, 0.1) is 37.7 Å². The molecular formula is C46H41Br2F7N12O6. The zero-order valence-electron chi connectivity index (χ0n) is 38.6. The van der Waals surface area contributed by atoms with Gasteiger partial charge in [-0.3, -0.25) is 9.36 Å². The van der Waals surface area contributed by atoms with Crippen LogP contribution in [0.1, 0.15) is 97.8 Å². The van der Waals surface area contributed by atoms with Gasteiger partial charge in [-0.05, 0) is 139 Å². The molecule has 0 aliphatic heterocycles. The zero-order valence-corrected chi connectivity index (χ0v) is 41.8. The molecular weight excluding hydrogens is 1110 g/mol. The summed E-state index contributed by atoms with van der Waals surface area (Å²) < 4.78 is 107. The lowest BCUT2D eigenvalue weighted by Crippen LogP contribution is -2.12. The minimum atomic E-state index is -2.82. The van der Waals surface area contributed by atoms with Crippen molar-refractivity contribution < 1.29 is 50.4 Å². The van der Waals surface area contributed by atoms with Crippen molar-refractivity contribution in [3.63, 3.8) is 0 Å². The molecule has 0 bridgehead atoms. The molecule has 8 rings (SSSR count). The van der Waals surface area contributed by atoms with E-state index in [-0.39, 0.29) is 29.0 Å². The van der Waals surface area contributed by atoms with Crippen LogP contribution in [0.5, 0.6) is 5.75 Å². The molecule has 0 saturated carbocycles. The van der Waals surface area contributed by atoms with Crippen LogP contribution in [-0.4, -0.2) is 64.0 Å². The molecule has 0 amide bonds. The highest BCUT2D eigenvalue weighted by Gasteiger charge is 2.26. The summed E-state index contributed by atoms with van der Waals surface area (Å²) in [5.41, 5.74) is 2.92. The average molecular weight is 1150 g/mol. The van der Waals surface area contributed by atoms with E-state index in [1.807, 2.05) is 20.0 Å². The Morgan fingerprint density at radius 3 is 1.53 bits per heavy atom. The number of aryl methyl sites for hydroxylation is 2. The van der Waals surface area contributed by atoms with Gasteiger partial charge in [0.15, 0.2) is 12.4 Å². The third kappa shape index (κ3) is 14.0. The number of nitro groups is 2. The van der Waals surface area contributed by atoms with E-state index in [1.165, 1.54) is 83.3 Å². The summed E-state index contributed by atoms with van der Waals surface area (Å²) in [6, 6.07) is 12.6. The Kier molecular flexibility index (Phi) is 18.3. The van der Waals surface area contributed by atoms with Gasteiger partial charge in [-0.1, -0.05) is 0 Å². The second kappa shape index (κ2) is 24.4. The summed E-state index contributed by atoms with van der Waals surface area (Å²) in [5, 5.41) is 47.8. The van der Waals surface area contributed by atoms with Crippen LogP contribution in [0.3, 0.4) is 0 Å². The van der Waals surface area contributed by atoms with Gasteiger partial charge in [-0.2, -0.15) is 24.8 Å². The number of alkyl halides is 4. The fourth-order valence-electron chi connectivity index (χ4n) is 7.05. The lowest BCUT2D eigenvalue weighted by molar-refractivity contribution is -0.392. The van der Waals surface area contributed by atoms with Crippen LogP contribution >= 0.6 is 31.9 Å². The van der Waals surface area contributed by atoms with Crippen molar-refractivity contribution in [3.8, 4) is 17.1 Å². The smallest absolute Gasteiger partial charge is 0.406 e. The summed E-state index contributed by atoms with van der Waals surface area (Å²) in [7, 11) is 0. The predicted octanol–water partition coefficient (Wildman–Crippen LogP) is 11.7. The third-order valence-electron chi connectivity index (χ3n) is 10.4. The highest BCUT2D eigenvalue weighted by atomic mass is 79.9. The molecule has 18 nitrogen and oxygen atoms in total. The SMILES string of the molecule is CCn1cc(Cc2cc(C(F)F)nn2-c2ccc(F)cc2[C@@H](C)O)cn1.CCn1cc(Cc2cc(C(F)F)nn2-c2ccc(F)cc2[C@@H](C)Oc2cc(Br)cnc2[N+](=O)[O-])cn1.O=[N+]([O-])c1ncc(Br)cc1F. The average Bonchev–Trinajstić information content (AvgIpc) is 4.17. The highest BCUT2D eigenvalue weighted by molar-refractivity contribution is 9.10. The number of halogens is 9. The van der Waals surface area contributed by atoms with E-state index < -0.39 is 69.7 Å². The van der Waals surface area contributed by atoms with Gasteiger partial charge < -0.3 is 30.1 Å². The molecule has 0 aliphatic rings. The van der Waals surface area contributed by atoms with Crippen molar-refractivity contribution in [1.82, 2.24) is 49.1 Å². The first kappa shape index (κ1) is 54.9. The lowest BCUT2D eigenvalue weighted by Gasteiger charge is -2.19. The van der Waals surface area contributed by atoms with E-state index in [2.05, 4.69) is 62.2 Å². The first-order valence-corrected chi connectivity index (χ1v) is 23.2. The summed E-state index contributed by atoms with van der Waals surface area (Å²) >= 11 is 6.12. The highest BCUT2D eigenvalue weighted by Crippen LogP contribution is 2.35. The second-order valence-electron chi connectivity index (χ2n) is 15.6. The number of ether oxygens (including phenoxy) is 1. The van der Waals surface area contributed by atoms with Crippen LogP contribution in [-0.2, 0) is 25.9 Å². The van der Waals surface area contributed by atoms with Gasteiger partial charge in [0.25, 0.3) is 12.9 Å². The maximum Gasteiger partial charge on any atom is 0.406 e. The Bertz CT molecular complexity index is 3220. The molecule has 2 atom stereocenters. The quantitative estimate of drug-likeness (QED) is 0.0544. The Hall–Kier alpha value is -7.39. The van der Waals surface area contributed by atoms with Crippen molar-refractivity contribution >= 4 is 43.5 Å². The fourth-order valence-corrected chi connectivity index (χ4v) is 7.67. The molecule has 6 heterocycles. The van der Waals surface area contributed by atoms with Crippen molar-refractivity contribution in [2.24, 2.45) is 0 Å². The minimum absolute atomic E-state index is 0.141. The number of hydrogen-bond acceptors (Lipinski definition) is 12. The number of rotatable bonds is 16. The van der Waals surface area contributed by atoms with Gasteiger partial charge in [0.2, 0.25) is 11.6 Å². The van der Waals surface area contributed by atoms with Crippen molar-refractivity contribution in [2.45, 2.75) is 78.7 Å². The third-order valence-corrected chi connectivity index (χ3v) is 11.3. The Balaban J connectivity index is 0.000000204. The molecule has 27 heteroatoms. The number of aromatic nitrogens is 10. The van der Waals surface area contributed by atoms with E-state index in [0.29, 0.717) is 51.2 Å². The maximum absolute atomic E-state index is 14.3. The van der Waals surface area contributed by atoms with Crippen LogP contribution in [0.2, 0.25) is 0 Å². The van der Waals surface area contributed by atoms with Crippen LogP contribution in [0.15, 0.2) is 107 Å². The number of nitrogens with zero attached hydrogens (tertiary/aromatic N) is 12. The number of hydrogen-bond donors (Lipinski definition) is 1.